The van der Waals surface area contributed by atoms with E-state index < -0.39 is 29.7 Å². The Kier molecular flexibility index (Phi) is 7.14. The molecule has 4 rings (SSSR count). The number of ether oxygens (including phenoxy) is 1. The van der Waals surface area contributed by atoms with Crippen LogP contribution in [-0.2, 0) is 26.9 Å². The molecule has 10 heteroatoms. The number of carbonyl (C=O) groups is 2. The lowest BCUT2D eigenvalue weighted by molar-refractivity contribution is -0.154. The van der Waals surface area contributed by atoms with Gasteiger partial charge in [-0.1, -0.05) is 48.5 Å². The number of benzene rings is 3. The highest BCUT2D eigenvalue weighted by Gasteiger charge is 2.31. The number of carbonyl (C=O) groups excluding carboxylic acids is 2. The molecule has 3 aromatic carbocycles. The summed E-state index contributed by atoms with van der Waals surface area (Å²) in [6.45, 7) is 0. The number of amides is 1. The van der Waals surface area contributed by atoms with Crippen LogP contribution in [0.3, 0.4) is 0 Å². The molecule has 0 bridgehead atoms. The van der Waals surface area contributed by atoms with Crippen LogP contribution in [0.15, 0.2) is 83.7 Å². The smallest absolute Gasteiger partial charge is 0.416 e. The van der Waals surface area contributed by atoms with Crippen LogP contribution in [0.5, 0.6) is 0 Å². The van der Waals surface area contributed by atoms with E-state index >= 15 is 0 Å². The highest BCUT2D eigenvalue weighted by molar-refractivity contribution is 5.96. The maximum absolute atomic E-state index is 13.0. The quantitative estimate of drug-likeness (QED) is 0.359. The number of aromatic amines is 1. The lowest BCUT2D eigenvalue weighted by Gasteiger charge is -2.18. The first-order valence-electron chi connectivity index (χ1n) is 10.9. The van der Waals surface area contributed by atoms with Gasteiger partial charge in [0.2, 0.25) is 6.10 Å². The van der Waals surface area contributed by atoms with Crippen LogP contribution in [0.25, 0.3) is 10.9 Å². The summed E-state index contributed by atoms with van der Waals surface area (Å²) in [5.41, 5.74) is -0.540. The molecular weight excluding hydrogens is 475 g/mol. The maximum atomic E-state index is 13.0. The molecule has 36 heavy (non-hydrogen) atoms. The number of anilines is 1. The van der Waals surface area contributed by atoms with Crippen LogP contribution >= 0.6 is 0 Å². The average Bonchev–Trinajstić information content (AvgIpc) is 2.86. The number of nitrogens with one attached hydrogen (secondary N) is 2. The Balaban J connectivity index is 1.48. The van der Waals surface area contributed by atoms with Crippen LogP contribution in [0.1, 0.15) is 29.5 Å². The number of aryl methyl sites for hydroxylation is 1. The number of hydrogen-bond acceptors (Lipinski definition) is 5. The van der Waals surface area contributed by atoms with Gasteiger partial charge in [0.15, 0.2) is 0 Å². The number of rotatable bonds is 7. The number of para-hydroxylation sites is 1. The number of hydrogen-bond donors (Lipinski definition) is 2. The Morgan fingerprint density at radius 3 is 2.44 bits per heavy atom. The van der Waals surface area contributed by atoms with Gasteiger partial charge >= 0.3 is 12.1 Å². The lowest BCUT2D eigenvalue weighted by Crippen LogP contribution is -2.26. The van der Waals surface area contributed by atoms with Crippen molar-refractivity contribution in [3.8, 4) is 0 Å². The summed E-state index contributed by atoms with van der Waals surface area (Å²) in [5.74, 6) is -1.29. The predicted octanol–water partition coefficient (Wildman–Crippen LogP) is 4.80. The average molecular weight is 495 g/mol. The number of nitrogens with zero attached hydrogens (tertiary/aromatic N) is 1. The van der Waals surface area contributed by atoms with Crippen LogP contribution in [0.4, 0.5) is 18.9 Å². The van der Waals surface area contributed by atoms with Crippen molar-refractivity contribution in [2.75, 3.05) is 5.32 Å². The maximum Gasteiger partial charge on any atom is 0.416 e. The number of H-pyrrole nitrogens is 1. The second kappa shape index (κ2) is 10.4. The Morgan fingerprint density at radius 1 is 0.972 bits per heavy atom. The van der Waals surface area contributed by atoms with Crippen molar-refractivity contribution in [2.45, 2.75) is 25.1 Å². The lowest BCUT2D eigenvalue weighted by atomic mass is 10.1. The zero-order valence-corrected chi connectivity index (χ0v) is 18.7. The first kappa shape index (κ1) is 24.6. The molecule has 0 radical (unpaired) electrons. The van der Waals surface area contributed by atoms with Gasteiger partial charge < -0.3 is 15.0 Å². The molecule has 0 spiro atoms. The zero-order valence-electron chi connectivity index (χ0n) is 18.7. The van der Waals surface area contributed by atoms with Gasteiger partial charge in [-0.2, -0.15) is 13.2 Å². The van der Waals surface area contributed by atoms with Crippen LogP contribution < -0.4 is 10.9 Å². The summed E-state index contributed by atoms with van der Waals surface area (Å²) in [6, 6.07) is 19.0. The second-order valence-electron chi connectivity index (χ2n) is 7.88. The monoisotopic (exact) mass is 495 g/mol. The van der Waals surface area contributed by atoms with Crippen molar-refractivity contribution in [3.63, 3.8) is 0 Å². The van der Waals surface area contributed by atoms with Gasteiger partial charge in [0, 0.05) is 17.7 Å². The number of aromatic nitrogens is 2. The molecule has 0 fully saturated rings. The van der Waals surface area contributed by atoms with Crippen LogP contribution in [-0.4, -0.2) is 21.8 Å². The van der Waals surface area contributed by atoms with Gasteiger partial charge in [-0.25, -0.2) is 4.98 Å². The molecule has 7 nitrogen and oxygen atoms in total. The van der Waals surface area contributed by atoms with Gasteiger partial charge in [0.25, 0.3) is 11.5 Å². The predicted molar refractivity (Wildman–Crippen MR) is 126 cm³/mol. The van der Waals surface area contributed by atoms with Crippen molar-refractivity contribution < 1.29 is 27.5 Å². The Labute approximate surface area is 203 Å². The van der Waals surface area contributed by atoms with Crippen molar-refractivity contribution in [1.82, 2.24) is 9.97 Å². The van der Waals surface area contributed by atoms with Crippen LogP contribution in [0, 0.1) is 0 Å². The minimum atomic E-state index is -4.58. The molecule has 0 aliphatic carbocycles. The third-order valence-electron chi connectivity index (χ3n) is 5.28. The number of fused-ring (bicyclic) bond motifs is 1. The molecule has 1 amide bonds. The Morgan fingerprint density at radius 2 is 1.69 bits per heavy atom. The second-order valence-corrected chi connectivity index (χ2v) is 7.88. The van der Waals surface area contributed by atoms with Crippen molar-refractivity contribution in [1.29, 1.82) is 0 Å². The highest BCUT2D eigenvalue weighted by Crippen LogP contribution is 2.31. The molecule has 1 atom stereocenters. The Hall–Kier alpha value is -4.47. The number of esters is 1. The summed E-state index contributed by atoms with van der Waals surface area (Å²) in [6.07, 6.45) is -6.13. The summed E-state index contributed by atoms with van der Waals surface area (Å²) in [7, 11) is 0. The van der Waals surface area contributed by atoms with E-state index in [1.54, 1.807) is 54.6 Å². The van der Waals surface area contributed by atoms with Gasteiger partial charge in [0.1, 0.15) is 5.82 Å². The van der Waals surface area contributed by atoms with E-state index in [4.69, 9.17) is 4.74 Å². The van der Waals surface area contributed by atoms with Gasteiger partial charge in [0.05, 0.1) is 22.9 Å². The summed E-state index contributed by atoms with van der Waals surface area (Å²) < 4.78 is 44.5. The molecule has 0 saturated heterocycles. The highest BCUT2D eigenvalue weighted by atomic mass is 19.4. The molecule has 0 aliphatic rings. The fourth-order valence-corrected chi connectivity index (χ4v) is 3.55. The van der Waals surface area contributed by atoms with E-state index in [1.165, 1.54) is 12.1 Å². The summed E-state index contributed by atoms with van der Waals surface area (Å²) in [4.78, 5) is 44.7. The van der Waals surface area contributed by atoms with E-state index in [-0.39, 0.29) is 29.9 Å². The van der Waals surface area contributed by atoms with E-state index in [0.29, 0.717) is 16.5 Å². The molecule has 0 aliphatic heterocycles. The first-order chi connectivity index (χ1) is 17.2. The van der Waals surface area contributed by atoms with Crippen molar-refractivity contribution in [3.05, 3.63) is 106 Å². The molecule has 184 valence electrons. The molecular formula is C26H20F3N3O4. The van der Waals surface area contributed by atoms with E-state index in [1.807, 2.05) is 0 Å². The summed E-state index contributed by atoms with van der Waals surface area (Å²) in [5, 5.41) is 2.80. The van der Waals surface area contributed by atoms with Gasteiger partial charge in [-0.15, -0.1) is 0 Å². The Bertz CT molecular complexity index is 1450. The zero-order chi connectivity index (χ0) is 25.7. The first-order valence-corrected chi connectivity index (χ1v) is 10.9. The number of alkyl halides is 3. The standard InChI is InChI=1S/C26H20F3N3O4/c27-26(28,29)17-9-6-10-18(15-17)30-25(35)23(16-7-2-1-3-8-16)36-22(33)14-13-21-31-20-12-5-4-11-19(20)24(34)32-21/h1-12,15,23H,13-14H2,(H,30,35)(H,31,32,34). The molecule has 1 unspecified atom stereocenters. The molecule has 1 aromatic heterocycles. The topological polar surface area (TPSA) is 101 Å². The van der Waals surface area contributed by atoms with E-state index in [2.05, 4.69) is 15.3 Å². The molecule has 4 aromatic rings. The molecule has 0 saturated carbocycles. The van der Waals surface area contributed by atoms with Gasteiger partial charge in [-0.05, 0) is 30.3 Å². The fourth-order valence-electron chi connectivity index (χ4n) is 3.55. The van der Waals surface area contributed by atoms with Crippen molar-refractivity contribution >= 4 is 28.5 Å². The molecule has 1 heterocycles. The third kappa shape index (κ3) is 5.96. The third-order valence-corrected chi connectivity index (χ3v) is 5.28. The van der Waals surface area contributed by atoms with Crippen LogP contribution in [0.2, 0.25) is 0 Å². The minimum absolute atomic E-state index is 0.0513. The minimum Gasteiger partial charge on any atom is -0.447 e. The van der Waals surface area contributed by atoms with Gasteiger partial charge in [-0.3, -0.25) is 14.4 Å². The van der Waals surface area contributed by atoms with E-state index in [9.17, 15) is 27.6 Å². The summed E-state index contributed by atoms with van der Waals surface area (Å²) >= 11 is 0. The molecule has 2 N–H and O–H groups in total. The fraction of sp³-hybridized carbons (Fsp3) is 0.154. The van der Waals surface area contributed by atoms with E-state index in [0.717, 1.165) is 12.1 Å². The SMILES string of the molecule is O=C(CCc1nc2ccccc2c(=O)[nH]1)OC(C(=O)Nc1cccc(C(F)(F)F)c1)c1ccccc1. The number of halogens is 3. The van der Waals surface area contributed by atoms with Crippen molar-refractivity contribution in [2.24, 2.45) is 0 Å². The largest absolute Gasteiger partial charge is 0.447 e. The normalized spacial score (nSPS) is 12.2.